The normalized spacial score (nSPS) is 29.9. The van der Waals surface area contributed by atoms with Gasteiger partial charge in [0.25, 0.3) is 0 Å². The second kappa shape index (κ2) is 4.47. The van der Waals surface area contributed by atoms with E-state index in [1.54, 1.807) is 0 Å². The van der Waals surface area contributed by atoms with Gasteiger partial charge in [-0.15, -0.1) is 12.4 Å². The molecular formula is C9H17ClN2O2. The van der Waals surface area contributed by atoms with Gasteiger partial charge >= 0.3 is 0 Å². The topological polar surface area (TPSA) is 64.4 Å². The van der Waals surface area contributed by atoms with E-state index in [1.165, 1.54) is 0 Å². The number of nitrogens with two attached hydrogens (primary N) is 1. The van der Waals surface area contributed by atoms with E-state index in [4.69, 9.17) is 10.5 Å². The Bertz CT molecular complexity index is 217. The number of hydrogen-bond donors (Lipinski definition) is 2. The molecule has 1 amide bonds. The number of primary amides is 1. The maximum Gasteiger partial charge on any atom is 0.222 e. The van der Waals surface area contributed by atoms with Crippen molar-refractivity contribution >= 4 is 18.3 Å². The highest BCUT2D eigenvalue weighted by Gasteiger charge is 2.42. The average molecular weight is 221 g/mol. The van der Waals surface area contributed by atoms with Gasteiger partial charge in [-0.05, 0) is 32.4 Å². The van der Waals surface area contributed by atoms with Crippen molar-refractivity contribution in [2.75, 3.05) is 19.7 Å². The summed E-state index contributed by atoms with van der Waals surface area (Å²) in [6.07, 6.45) is 2.84. The van der Waals surface area contributed by atoms with E-state index in [0.29, 0.717) is 6.61 Å². The molecule has 2 rings (SSSR count). The van der Waals surface area contributed by atoms with Crippen molar-refractivity contribution in [3.05, 3.63) is 0 Å². The smallest absolute Gasteiger partial charge is 0.222 e. The van der Waals surface area contributed by atoms with Crippen LogP contribution in [0.2, 0.25) is 0 Å². The van der Waals surface area contributed by atoms with Crippen molar-refractivity contribution in [1.82, 2.24) is 5.32 Å². The molecule has 0 aromatic carbocycles. The molecule has 1 atom stereocenters. The summed E-state index contributed by atoms with van der Waals surface area (Å²) in [5, 5.41) is 3.28. The molecule has 0 radical (unpaired) electrons. The van der Waals surface area contributed by atoms with Crippen molar-refractivity contribution in [3.63, 3.8) is 0 Å². The fourth-order valence-electron chi connectivity index (χ4n) is 2.26. The summed E-state index contributed by atoms with van der Waals surface area (Å²) < 4.78 is 5.71. The lowest BCUT2D eigenvalue weighted by Gasteiger charge is -2.32. The largest absolute Gasteiger partial charge is 0.374 e. The standard InChI is InChI=1S/C9H16N2O2.ClH/c10-8(12)7-5-9(13-6-7)1-3-11-4-2-9;/h7,11H,1-6H2,(H2,10,12);1H. The first-order valence-corrected chi connectivity index (χ1v) is 4.86. The van der Waals surface area contributed by atoms with E-state index in [0.717, 1.165) is 32.4 Å². The van der Waals surface area contributed by atoms with Crippen molar-refractivity contribution in [3.8, 4) is 0 Å². The molecule has 0 aliphatic carbocycles. The molecular weight excluding hydrogens is 204 g/mol. The maximum absolute atomic E-state index is 11.0. The third kappa shape index (κ3) is 2.19. The van der Waals surface area contributed by atoms with Crippen LogP contribution in [0.15, 0.2) is 0 Å². The molecule has 2 aliphatic heterocycles. The van der Waals surface area contributed by atoms with Gasteiger partial charge in [-0.3, -0.25) is 4.79 Å². The number of nitrogens with one attached hydrogen (secondary N) is 1. The summed E-state index contributed by atoms with van der Waals surface area (Å²) >= 11 is 0. The molecule has 0 saturated carbocycles. The molecule has 82 valence electrons. The molecule has 4 nitrogen and oxygen atoms in total. The number of amides is 1. The minimum atomic E-state index is -0.213. The minimum absolute atomic E-state index is 0. The third-order valence-corrected chi connectivity index (χ3v) is 3.13. The van der Waals surface area contributed by atoms with Crippen molar-refractivity contribution in [2.24, 2.45) is 11.7 Å². The van der Waals surface area contributed by atoms with E-state index < -0.39 is 0 Å². The van der Waals surface area contributed by atoms with E-state index in [-0.39, 0.29) is 29.8 Å². The molecule has 2 fully saturated rings. The van der Waals surface area contributed by atoms with Crippen molar-refractivity contribution < 1.29 is 9.53 Å². The Morgan fingerprint density at radius 1 is 1.43 bits per heavy atom. The predicted molar refractivity (Wildman–Crippen MR) is 55.3 cm³/mol. The van der Waals surface area contributed by atoms with Crippen molar-refractivity contribution in [1.29, 1.82) is 0 Å². The Hall–Kier alpha value is -0.320. The number of rotatable bonds is 1. The quantitative estimate of drug-likeness (QED) is 0.657. The van der Waals surface area contributed by atoms with E-state index >= 15 is 0 Å². The summed E-state index contributed by atoms with van der Waals surface area (Å²) in [5.41, 5.74) is 5.22. The van der Waals surface area contributed by atoms with Gasteiger partial charge in [0, 0.05) is 0 Å². The van der Waals surface area contributed by atoms with Crippen LogP contribution in [0.5, 0.6) is 0 Å². The Balaban J connectivity index is 0.000000980. The van der Waals surface area contributed by atoms with Gasteiger partial charge in [-0.25, -0.2) is 0 Å². The molecule has 1 unspecified atom stereocenters. The molecule has 0 bridgehead atoms. The van der Waals surface area contributed by atoms with Crippen LogP contribution < -0.4 is 11.1 Å². The Morgan fingerprint density at radius 2 is 2.07 bits per heavy atom. The molecule has 3 N–H and O–H groups in total. The highest BCUT2D eigenvalue weighted by molar-refractivity contribution is 5.85. The number of halogens is 1. The maximum atomic E-state index is 11.0. The van der Waals surface area contributed by atoms with Gasteiger partial charge in [0.15, 0.2) is 0 Å². The monoisotopic (exact) mass is 220 g/mol. The van der Waals surface area contributed by atoms with Gasteiger partial charge in [0.05, 0.1) is 18.1 Å². The van der Waals surface area contributed by atoms with Gasteiger partial charge in [-0.1, -0.05) is 0 Å². The van der Waals surface area contributed by atoms with Crippen LogP contribution in [-0.2, 0) is 9.53 Å². The second-order valence-electron chi connectivity index (χ2n) is 4.05. The number of carbonyl (C=O) groups excluding carboxylic acids is 1. The lowest BCUT2D eigenvalue weighted by Crippen LogP contribution is -2.41. The number of ether oxygens (including phenoxy) is 1. The fourth-order valence-corrected chi connectivity index (χ4v) is 2.26. The summed E-state index contributed by atoms with van der Waals surface area (Å²) in [4.78, 5) is 11.0. The van der Waals surface area contributed by atoms with Crippen LogP contribution in [0.3, 0.4) is 0 Å². The van der Waals surface area contributed by atoms with E-state index in [9.17, 15) is 4.79 Å². The van der Waals surface area contributed by atoms with Crippen LogP contribution in [-0.4, -0.2) is 31.2 Å². The Kier molecular flexibility index (Phi) is 3.75. The Morgan fingerprint density at radius 3 is 2.57 bits per heavy atom. The van der Waals surface area contributed by atoms with Crippen LogP contribution in [0.1, 0.15) is 19.3 Å². The SMILES string of the molecule is Cl.NC(=O)C1COC2(CCNCC2)C1. The first-order valence-electron chi connectivity index (χ1n) is 4.86. The van der Waals surface area contributed by atoms with Gasteiger partial charge in [0.1, 0.15) is 0 Å². The minimum Gasteiger partial charge on any atom is -0.374 e. The summed E-state index contributed by atoms with van der Waals surface area (Å²) in [5.74, 6) is -0.270. The average Bonchev–Trinajstić information content (AvgIpc) is 2.51. The molecule has 5 heteroatoms. The number of piperidine rings is 1. The summed E-state index contributed by atoms with van der Waals surface area (Å²) in [7, 11) is 0. The highest BCUT2D eigenvalue weighted by Crippen LogP contribution is 2.36. The number of carbonyl (C=O) groups is 1. The zero-order chi connectivity index (χ0) is 9.31. The van der Waals surface area contributed by atoms with Crippen LogP contribution in [0.4, 0.5) is 0 Å². The summed E-state index contributed by atoms with van der Waals surface area (Å²) in [6, 6.07) is 0. The lowest BCUT2D eigenvalue weighted by molar-refractivity contribution is -0.121. The molecule has 0 aromatic rings. The first-order chi connectivity index (χ1) is 6.22. The first kappa shape index (κ1) is 11.8. The van der Waals surface area contributed by atoms with Crippen molar-refractivity contribution in [2.45, 2.75) is 24.9 Å². The predicted octanol–water partition coefficient (Wildman–Crippen LogP) is 0.0522. The zero-order valence-electron chi connectivity index (χ0n) is 8.12. The molecule has 14 heavy (non-hydrogen) atoms. The molecule has 1 spiro atoms. The van der Waals surface area contributed by atoms with E-state index in [2.05, 4.69) is 5.32 Å². The van der Waals surface area contributed by atoms with Crippen LogP contribution >= 0.6 is 12.4 Å². The second-order valence-corrected chi connectivity index (χ2v) is 4.05. The fraction of sp³-hybridized carbons (Fsp3) is 0.889. The Labute approximate surface area is 90.0 Å². The van der Waals surface area contributed by atoms with Gasteiger partial charge in [0.2, 0.25) is 5.91 Å². The molecule has 2 aliphatic rings. The van der Waals surface area contributed by atoms with Gasteiger partial charge in [-0.2, -0.15) is 0 Å². The lowest BCUT2D eigenvalue weighted by atomic mass is 9.86. The molecule has 2 heterocycles. The summed E-state index contributed by atoms with van der Waals surface area (Å²) in [6.45, 7) is 2.51. The highest BCUT2D eigenvalue weighted by atomic mass is 35.5. The zero-order valence-corrected chi connectivity index (χ0v) is 8.94. The molecule has 0 aromatic heterocycles. The van der Waals surface area contributed by atoms with Gasteiger partial charge < -0.3 is 15.8 Å². The molecule has 2 saturated heterocycles. The van der Waals surface area contributed by atoms with E-state index in [1.807, 2.05) is 0 Å². The van der Waals surface area contributed by atoms with Crippen LogP contribution in [0.25, 0.3) is 0 Å². The van der Waals surface area contributed by atoms with Crippen LogP contribution in [0, 0.1) is 5.92 Å². The third-order valence-electron chi connectivity index (χ3n) is 3.13. The number of hydrogen-bond acceptors (Lipinski definition) is 3.